The highest BCUT2D eigenvalue weighted by atomic mass is 15.0. The van der Waals surface area contributed by atoms with Gasteiger partial charge in [0, 0.05) is 24.5 Å². The Hall–Kier alpha value is -1.61. The molecule has 0 spiro atoms. The number of H-pyrrole nitrogens is 1. The molecule has 16 heavy (non-hydrogen) atoms. The van der Waals surface area contributed by atoms with Gasteiger partial charge in [0.2, 0.25) is 0 Å². The van der Waals surface area contributed by atoms with Crippen LogP contribution in [0.3, 0.4) is 0 Å². The molecule has 1 N–H and O–H groups in total. The lowest BCUT2D eigenvalue weighted by molar-refractivity contribution is 0.403. The molecule has 0 saturated carbocycles. The Kier molecular flexibility index (Phi) is 3.06. The molecule has 2 rings (SSSR count). The Balaban J connectivity index is 2.49. The van der Waals surface area contributed by atoms with Crippen molar-refractivity contribution in [3.8, 4) is 11.4 Å². The van der Waals surface area contributed by atoms with E-state index < -0.39 is 0 Å². The SMILES string of the molecule is Cc1cccc(CN(C)C)c1-c1ncc[nH]1. The van der Waals surface area contributed by atoms with Gasteiger partial charge in [-0.25, -0.2) is 4.98 Å². The van der Waals surface area contributed by atoms with Gasteiger partial charge in [-0.2, -0.15) is 0 Å². The van der Waals surface area contributed by atoms with Crippen molar-refractivity contribution in [2.24, 2.45) is 0 Å². The van der Waals surface area contributed by atoms with E-state index in [9.17, 15) is 0 Å². The van der Waals surface area contributed by atoms with Crippen LogP contribution in [0.15, 0.2) is 30.6 Å². The molecule has 0 atom stereocenters. The summed E-state index contributed by atoms with van der Waals surface area (Å²) < 4.78 is 0. The quantitative estimate of drug-likeness (QED) is 0.852. The zero-order valence-electron chi connectivity index (χ0n) is 9.99. The number of aromatic nitrogens is 2. The van der Waals surface area contributed by atoms with Crippen LogP contribution in [-0.2, 0) is 6.54 Å². The fraction of sp³-hybridized carbons (Fsp3) is 0.308. The molecule has 1 aromatic carbocycles. The highest BCUT2D eigenvalue weighted by Gasteiger charge is 2.10. The normalized spacial score (nSPS) is 11.0. The summed E-state index contributed by atoms with van der Waals surface area (Å²) in [5.41, 5.74) is 3.79. The lowest BCUT2D eigenvalue weighted by atomic mass is 10.0. The molecule has 0 bridgehead atoms. The molecule has 0 unspecified atom stereocenters. The summed E-state index contributed by atoms with van der Waals surface area (Å²) in [6.45, 7) is 3.05. The predicted octanol–water partition coefficient (Wildman–Crippen LogP) is 2.45. The van der Waals surface area contributed by atoms with Gasteiger partial charge in [-0.05, 0) is 32.1 Å². The zero-order valence-corrected chi connectivity index (χ0v) is 9.99. The van der Waals surface area contributed by atoms with E-state index in [-0.39, 0.29) is 0 Å². The van der Waals surface area contributed by atoms with Crippen molar-refractivity contribution in [2.45, 2.75) is 13.5 Å². The van der Waals surface area contributed by atoms with E-state index in [2.05, 4.69) is 54.1 Å². The molecular weight excluding hydrogens is 198 g/mol. The summed E-state index contributed by atoms with van der Waals surface area (Å²) in [4.78, 5) is 9.69. The second kappa shape index (κ2) is 4.49. The Labute approximate surface area is 96.1 Å². The second-order valence-electron chi connectivity index (χ2n) is 4.28. The van der Waals surface area contributed by atoms with Crippen LogP contribution in [0.2, 0.25) is 0 Å². The average molecular weight is 215 g/mol. The summed E-state index contributed by atoms with van der Waals surface area (Å²) in [7, 11) is 4.16. The van der Waals surface area contributed by atoms with Crippen LogP contribution in [0.4, 0.5) is 0 Å². The van der Waals surface area contributed by atoms with Gasteiger partial charge in [0.25, 0.3) is 0 Å². The third-order valence-electron chi connectivity index (χ3n) is 2.58. The maximum absolute atomic E-state index is 4.34. The fourth-order valence-corrected chi connectivity index (χ4v) is 1.94. The maximum Gasteiger partial charge on any atom is 0.137 e. The zero-order chi connectivity index (χ0) is 11.5. The van der Waals surface area contributed by atoms with Gasteiger partial charge in [-0.3, -0.25) is 0 Å². The summed E-state index contributed by atoms with van der Waals surface area (Å²) >= 11 is 0. The van der Waals surface area contributed by atoms with Gasteiger partial charge in [0.1, 0.15) is 5.82 Å². The fourth-order valence-electron chi connectivity index (χ4n) is 1.94. The van der Waals surface area contributed by atoms with E-state index in [1.807, 2.05) is 6.20 Å². The van der Waals surface area contributed by atoms with Gasteiger partial charge in [0.05, 0.1) is 0 Å². The Morgan fingerprint density at radius 2 is 2.12 bits per heavy atom. The summed E-state index contributed by atoms with van der Waals surface area (Å²) in [5, 5.41) is 0. The number of hydrogen-bond acceptors (Lipinski definition) is 2. The molecule has 0 aliphatic carbocycles. The van der Waals surface area contributed by atoms with Crippen LogP contribution in [-0.4, -0.2) is 29.0 Å². The van der Waals surface area contributed by atoms with Crippen molar-refractivity contribution >= 4 is 0 Å². The lowest BCUT2D eigenvalue weighted by Crippen LogP contribution is -2.12. The molecular formula is C13H17N3. The Morgan fingerprint density at radius 1 is 1.31 bits per heavy atom. The van der Waals surface area contributed by atoms with Crippen molar-refractivity contribution in [1.29, 1.82) is 0 Å². The first kappa shape index (κ1) is 10.9. The monoisotopic (exact) mass is 215 g/mol. The first-order valence-corrected chi connectivity index (χ1v) is 5.41. The highest BCUT2D eigenvalue weighted by molar-refractivity contribution is 5.64. The largest absolute Gasteiger partial charge is 0.345 e. The number of rotatable bonds is 3. The summed E-state index contributed by atoms with van der Waals surface area (Å²) in [6.07, 6.45) is 3.66. The molecule has 3 nitrogen and oxygen atoms in total. The molecule has 0 aliphatic rings. The Bertz CT molecular complexity index is 458. The van der Waals surface area contributed by atoms with Crippen molar-refractivity contribution in [3.63, 3.8) is 0 Å². The molecule has 1 aromatic heterocycles. The Morgan fingerprint density at radius 3 is 2.75 bits per heavy atom. The first-order chi connectivity index (χ1) is 7.68. The van der Waals surface area contributed by atoms with Gasteiger partial charge in [-0.15, -0.1) is 0 Å². The predicted molar refractivity (Wildman–Crippen MR) is 66.2 cm³/mol. The average Bonchev–Trinajstić information content (AvgIpc) is 2.69. The molecule has 2 aromatic rings. The number of hydrogen-bond donors (Lipinski definition) is 1. The molecule has 0 aliphatic heterocycles. The van der Waals surface area contributed by atoms with Crippen LogP contribution in [0, 0.1) is 6.92 Å². The molecule has 0 saturated heterocycles. The van der Waals surface area contributed by atoms with E-state index in [1.165, 1.54) is 16.7 Å². The van der Waals surface area contributed by atoms with Crippen LogP contribution in [0.1, 0.15) is 11.1 Å². The number of nitrogens with one attached hydrogen (secondary N) is 1. The first-order valence-electron chi connectivity index (χ1n) is 5.41. The van der Waals surface area contributed by atoms with E-state index >= 15 is 0 Å². The highest BCUT2D eigenvalue weighted by Crippen LogP contribution is 2.25. The summed E-state index contributed by atoms with van der Waals surface area (Å²) in [6, 6.07) is 6.38. The molecule has 3 heteroatoms. The van der Waals surface area contributed by atoms with E-state index in [0.29, 0.717) is 0 Å². The van der Waals surface area contributed by atoms with E-state index in [1.54, 1.807) is 6.20 Å². The van der Waals surface area contributed by atoms with Gasteiger partial charge >= 0.3 is 0 Å². The number of nitrogens with zero attached hydrogens (tertiary/aromatic N) is 2. The smallest absolute Gasteiger partial charge is 0.137 e. The van der Waals surface area contributed by atoms with Crippen molar-refractivity contribution in [2.75, 3.05) is 14.1 Å². The molecule has 0 amide bonds. The standard InChI is InChI=1S/C13H17N3/c1-10-5-4-6-11(9-16(2)3)12(10)13-14-7-8-15-13/h4-8H,9H2,1-3H3,(H,14,15). The van der Waals surface area contributed by atoms with Crippen molar-refractivity contribution < 1.29 is 0 Å². The second-order valence-corrected chi connectivity index (χ2v) is 4.28. The number of imidazole rings is 1. The van der Waals surface area contributed by atoms with Crippen LogP contribution >= 0.6 is 0 Å². The number of benzene rings is 1. The van der Waals surface area contributed by atoms with Gasteiger partial charge in [-0.1, -0.05) is 18.2 Å². The van der Waals surface area contributed by atoms with Crippen LogP contribution in [0.25, 0.3) is 11.4 Å². The minimum Gasteiger partial charge on any atom is -0.345 e. The minimum atomic E-state index is 0.928. The third-order valence-corrected chi connectivity index (χ3v) is 2.58. The van der Waals surface area contributed by atoms with E-state index in [0.717, 1.165) is 12.4 Å². The molecule has 0 fully saturated rings. The van der Waals surface area contributed by atoms with Gasteiger partial charge < -0.3 is 9.88 Å². The van der Waals surface area contributed by atoms with Crippen LogP contribution in [0.5, 0.6) is 0 Å². The third kappa shape index (κ3) is 2.14. The van der Waals surface area contributed by atoms with E-state index in [4.69, 9.17) is 0 Å². The lowest BCUT2D eigenvalue weighted by Gasteiger charge is -2.14. The minimum absolute atomic E-state index is 0.928. The van der Waals surface area contributed by atoms with Crippen molar-refractivity contribution in [1.82, 2.24) is 14.9 Å². The van der Waals surface area contributed by atoms with Crippen LogP contribution < -0.4 is 0 Å². The maximum atomic E-state index is 4.34. The molecule has 0 radical (unpaired) electrons. The summed E-state index contributed by atoms with van der Waals surface area (Å²) in [5.74, 6) is 0.954. The molecule has 1 heterocycles. The van der Waals surface area contributed by atoms with Crippen molar-refractivity contribution in [3.05, 3.63) is 41.7 Å². The molecule has 84 valence electrons. The number of aryl methyl sites for hydroxylation is 1. The number of aromatic amines is 1. The topological polar surface area (TPSA) is 31.9 Å². The van der Waals surface area contributed by atoms with Gasteiger partial charge in [0.15, 0.2) is 0 Å².